The van der Waals surface area contributed by atoms with Crippen LogP contribution in [0.3, 0.4) is 0 Å². The molecule has 7 heteroatoms. The van der Waals surface area contributed by atoms with Crippen molar-refractivity contribution >= 4 is 17.1 Å². The van der Waals surface area contributed by atoms with Crippen molar-refractivity contribution in [2.75, 3.05) is 0 Å². The molecule has 0 saturated heterocycles. The van der Waals surface area contributed by atoms with Crippen molar-refractivity contribution in [3.05, 3.63) is 47.3 Å². The van der Waals surface area contributed by atoms with Gasteiger partial charge in [-0.2, -0.15) is 0 Å². The summed E-state index contributed by atoms with van der Waals surface area (Å²) in [4.78, 5) is 22.3. The lowest BCUT2D eigenvalue weighted by Crippen LogP contribution is -2.04. The number of hydrogen-bond donors (Lipinski definition) is 3. The zero-order chi connectivity index (χ0) is 16.0. The summed E-state index contributed by atoms with van der Waals surface area (Å²) in [5.41, 5.74) is 9.11. The molecule has 1 aliphatic carbocycles. The van der Waals surface area contributed by atoms with Crippen LogP contribution < -0.4 is 10.5 Å². The van der Waals surface area contributed by atoms with Crippen LogP contribution in [-0.2, 0) is 6.42 Å². The maximum absolute atomic E-state index is 11.2. The summed E-state index contributed by atoms with van der Waals surface area (Å²) >= 11 is 0. The first kappa shape index (κ1) is 13.7. The second kappa shape index (κ2) is 5.06. The molecule has 0 aliphatic heterocycles. The molecule has 3 aromatic rings. The molecule has 2 heterocycles. The zero-order valence-corrected chi connectivity index (χ0v) is 12.1. The van der Waals surface area contributed by atoms with E-state index in [1.807, 2.05) is 18.2 Å². The average molecular weight is 310 g/mol. The number of ether oxygens (including phenoxy) is 1. The summed E-state index contributed by atoms with van der Waals surface area (Å²) in [5, 5.41) is 9.14. The third-order valence-corrected chi connectivity index (χ3v) is 4.05. The van der Waals surface area contributed by atoms with Gasteiger partial charge < -0.3 is 20.6 Å². The second-order valence-corrected chi connectivity index (χ2v) is 5.52. The Kier molecular flexibility index (Phi) is 3.02. The topological polar surface area (TPSA) is 114 Å². The third-order valence-electron chi connectivity index (χ3n) is 4.05. The van der Waals surface area contributed by atoms with Crippen LogP contribution in [0.5, 0.6) is 11.6 Å². The van der Waals surface area contributed by atoms with Crippen molar-refractivity contribution in [2.45, 2.75) is 18.9 Å². The number of aromatic amines is 1. The van der Waals surface area contributed by atoms with Crippen LogP contribution in [0.1, 0.15) is 33.9 Å². The number of aromatic nitrogens is 3. The second-order valence-electron chi connectivity index (χ2n) is 5.52. The number of nitrogens with two attached hydrogens (primary N) is 1. The Bertz CT molecular complexity index is 919. The van der Waals surface area contributed by atoms with Crippen molar-refractivity contribution in [2.24, 2.45) is 5.73 Å². The Morgan fingerprint density at radius 2 is 2.30 bits per heavy atom. The molecule has 0 radical (unpaired) electrons. The number of carboxylic acid groups (broad SMARTS) is 1. The van der Waals surface area contributed by atoms with Gasteiger partial charge in [0.1, 0.15) is 16.8 Å². The average Bonchev–Trinajstić information content (AvgIpc) is 3.11. The smallest absolute Gasteiger partial charge is 0.339 e. The number of hydrogen-bond acceptors (Lipinski definition) is 5. The summed E-state index contributed by atoms with van der Waals surface area (Å²) in [6, 6.07) is 5.84. The highest BCUT2D eigenvalue weighted by Gasteiger charge is 2.19. The number of aromatic carboxylic acids is 1. The van der Waals surface area contributed by atoms with E-state index in [-0.39, 0.29) is 23.0 Å². The number of benzene rings is 1. The minimum atomic E-state index is -1.06. The molecule has 0 spiro atoms. The van der Waals surface area contributed by atoms with Gasteiger partial charge in [-0.25, -0.2) is 14.8 Å². The van der Waals surface area contributed by atoms with Gasteiger partial charge in [-0.3, -0.25) is 0 Å². The van der Waals surface area contributed by atoms with Gasteiger partial charge in [0.2, 0.25) is 5.88 Å². The molecule has 1 aliphatic rings. The van der Waals surface area contributed by atoms with Gasteiger partial charge in [-0.05, 0) is 36.1 Å². The molecule has 4 N–H and O–H groups in total. The lowest BCUT2D eigenvalue weighted by molar-refractivity contribution is 0.0699. The van der Waals surface area contributed by atoms with E-state index < -0.39 is 5.97 Å². The van der Waals surface area contributed by atoms with Crippen molar-refractivity contribution < 1.29 is 14.6 Å². The van der Waals surface area contributed by atoms with Crippen LogP contribution >= 0.6 is 0 Å². The van der Waals surface area contributed by atoms with Crippen molar-refractivity contribution in [3.8, 4) is 11.6 Å². The quantitative estimate of drug-likeness (QED) is 0.684. The molecule has 0 unspecified atom stereocenters. The van der Waals surface area contributed by atoms with E-state index in [0.717, 1.165) is 18.4 Å². The van der Waals surface area contributed by atoms with Crippen molar-refractivity contribution in [3.63, 3.8) is 0 Å². The SMILES string of the molecule is N[C@@H]1CCc2cc(Oc3cnc4[nH]cc(C(=O)O)c4n3)ccc21. The minimum Gasteiger partial charge on any atom is -0.478 e. The van der Waals surface area contributed by atoms with Crippen molar-refractivity contribution in [1.29, 1.82) is 0 Å². The van der Waals surface area contributed by atoms with E-state index >= 15 is 0 Å². The van der Waals surface area contributed by atoms with Gasteiger partial charge in [0.05, 0.1) is 6.20 Å². The fourth-order valence-electron chi connectivity index (χ4n) is 2.90. The summed E-state index contributed by atoms with van der Waals surface area (Å²) < 4.78 is 5.73. The van der Waals surface area contributed by atoms with Crippen LogP contribution in [0.2, 0.25) is 0 Å². The molecule has 1 atom stereocenters. The standard InChI is InChI=1S/C16H14N4O3/c17-12-4-1-8-5-9(2-3-10(8)12)23-13-7-19-15-14(20-13)11(6-18-15)16(21)22/h2-3,5-7,12H,1,4,17H2,(H,18,19)(H,21,22)/t12-/m1/s1. The Balaban J connectivity index is 1.68. The number of rotatable bonds is 3. The molecular weight excluding hydrogens is 296 g/mol. The fraction of sp³-hybridized carbons (Fsp3) is 0.188. The molecule has 116 valence electrons. The first-order valence-electron chi connectivity index (χ1n) is 7.25. The first-order valence-corrected chi connectivity index (χ1v) is 7.25. The molecule has 2 aromatic heterocycles. The lowest BCUT2D eigenvalue weighted by Gasteiger charge is -2.08. The molecule has 4 rings (SSSR count). The molecule has 1 aromatic carbocycles. The predicted octanol–water partition coefficient (Wildman–Crippen LogP) is 2.39. The monoisotopic (exact) mass is 310 g/mol. The van der Waals surface area contributed by atoms with Crippen LogP contribution in [0.25, 0.3) is 11.2 Å². The van der Waals surface area contributed by atoms with Gasteiger partial charge in [-0.15, -0.1) is 0 Å². The highest BCUT2D eigenvalue weighted by Crippen LogP contribution is 2.33. The fourth-order valence-corrected chi connectivity index (χ4v) is 2.90. The zero-order valence-electron chi connectivity index (χ0n) is 12.1. The van der Waals surface area contributed by atoms with Gasteiger partial charge in [0.25, 0.3) is 0 Å². The van der Waals surface area contributed by atoms with Crippen LogP contribution in [0.4, 0.5) is 0 Å². The number of fused-ring (bicyclic) bond motifs is 2. The highest BCUT2D eigenvalue weighted by atomic mass is 16.5. The number of carbonyl (C=O) groups is 1. The summed E-state index contributed by atoms with van der Waals surface area (Å²) in [5.74, 6) is -0.171. The van der Waals surface area contributed by atoms with Gasteiger partial charge >= 0.3 is 5.97 Å². The van der Waals surface area contributed by atoms with Crippen molar-refractivity contribution in [1.82, 2.24) is 15.0 Å². The molecule has 7 nitrogen and oxygen atoms in total. The predicted molar refractivity (Wildman–Crippen MR) is 82.6 cm³/mol. The van der Waals surface area contributed by atoms with Gasteiger partial charge in [0.15, 0.2) is 5.65 Å². The summed E-state index contributed by atoms with van der Waals surface area (Å²) in [6.07, 6.45) is 4.70. The summed E-state index contributed by atoms with van der Waals surface area (Å²) in [6.45, 7) is 0. The third kappa shape index (κ3) is 2.31. The lowest BCUT2D eigenvalue weighted by atomic mass is 10.1. The largest absolute Gasteiger partial charge is 0.478 e. The number of aryl methyl sites for hydroxylation is 1. The van der Waals surface area contributed by atoms with Crippen LogP contribution in [0, 0.1) is 0 Å². The summed E-state index contributed by atoms with van der Waals surface area (Å²) in [7, 11) is 0. The van der Waals surface area contributed by atoms with Crippen LogP contribution in [-0.4, -0.2) is 26.0 Å². The normalized spacial score (nSPS) is 16.5. The van der Waals surface area contributed by atoms with E-state index in [9.17, 15) is 4.79 Å². The number of nitrogens with one attached hydrogen (secondary N) is 1. The molecule has 0 bridgehead atoms. The first-order chi connectivity index (χ1) is 11.1. The number of carboxylic acids is 1. The number of nitrogens with zero attached hydrogens (tertiary/aromatic N) is 2. The van der Waals surface area contributed by atoms with E-state index in [1.54, 1.807) is 0 Å². The van der Waals surface area contributed by atoms with Crippen LogP contribution in [0.15, 0.2) is 30.6 Å². The van der Waals surface area contributed by atoms with E-state index in [4.69, 9.17) is 15.6 Å². The number of H-pyrrole nitrogens is 1. The Labute approximate surface area is 131 Å². The Morgan fingerprint density at radius 1 is 1.43 bits per heavy atom. The van der Waals surface area contributed by atoms with E-state index in [2.05, 4.69) is 15.0 Å². The highest BCUT2D eigenvalue weighted by molar-refractivity contribution is 6.00. The maximum Gasteiger partial charge on any atom is 0.339 e. The van der Waals surface area contributed by atoms with E-state index in [1.165, 1.54) is 18.0 Å². The molecule has 0 amide bonds. The van der Waals surface area contributed by atoms with Gasteiger partial charge in [-0.1, -0.05) is 6.07 Å². The Morgan fingerprint density at radius 3 is 3.13 bits per heavy atom. The molecule has 0 saturated carbocycles. The van der Waals surface area contributed by atoms with E-state index in [0.29, 0.717) is 11.4 Å². The minimum absolute atomic E-state index is 0.0675. The Hall–Kier alpha value is -2.93. The van der Waals surface area contributed by atoms with Gasteiger partial charge in [0, 0.05) is 12.2 Å². The maximum atomic E-state index is 11.2. The molecular formula is C16H14N4O3. The molecule has 0 fully saturated rings. The molecule has 23 heavy (non-hydrogen) atoms.